The first-order chi connectivity index (χ1) is 35.1. The molecule has 9 rings (SSSR count). The largest absolute Gasteiger partial charge is 0.507 e. The number of fused-ring (bicyclic) bond motifs is 1. The van der Waals surface area contributed by atoms with Crippen molar-refractivity contribution in [3.05, 3.63) is 192 Å². The summed E-state index contributed by atoms with van der Waals surface area (Å²) >= 11 is 0. The molecule has 7 aromatic carbocycles. The van der Waals surface area contributed by atoms with Gasteiger partial charge in [-0.2, -0.15) is 0 Å². The van der Waals surface area contributed by atoms with E-state index in [-0.39, 0.29) is 32.4 Å². The number of benzene rings is 7. The van der Waals surface area contributed by atoms with Crippen molar-refractivity contribution in [2.45, 2.75) is 79.3 Å². The van der Waals surface area contributed by atoms with Crippen LogP contribution in [0.25, 0.3) is 83.9 Å². The Morgan fingerprint density at radius 3 is 1.95 bits per heavy atom. The van der Waals surface area contributed by atoms with Gasteiger partial charge in [-0.15, -0.1) is 23.8 Å². The molecule has 0 radical (unpaired) electrons. The Bertz CT molecular complexity index is 3540. The molecule has 0 unspecified atom stereocenters. The maximum atomic E-state index is 11.8. The van der Waals surface area contributed by atoms with Crippen molar-refractivity contribution in [2.24, 2.45) is 0 Å². The van der Waals surface area contributed by atoms with E-state index in [1.807, 2.05) is 161 Å². The van der Waals surface area contributed by atoms with Gasteiger partial charge in [-0.25, -0.2) is 4.98 Å². The molecule has 2 aromatic heterocycles. The van der Waals surface area contributed by atoms with Crippen molar-refractivity contribution >= 4 is 11.0 Å². The van der Waals surface area contributed by atoms with E-state index in [1.54, 1.807) is 12.3 Å². The van der Waals surface area contributed by atoms with Crippen molar-refractivity contribution in [3.8, 4) is 78.6 Å². The summed E-state index contributed by atoms with van der Waals surface area (Å²) < 4.78 is 94.0. The Hall–Kier alpha value is -6.35. The van der Waals surface area contributed by atoms with Crippen LogP contribution in [0.15, 0.2) is 158 Å². The summed E-state index contributed by atoms with van der Waals surface area (Å²) in [7, 11) is 0. The van der Waals surface area contributed by atoms with Gasteiger partial charge in [0.2, 0.25) is 0 Å². The number of aromatic hydroxyl groups is 1. The Balaban J connectivity index is 0.00000765. The molecule has 0 amide bonds. The van der Waals surface area contributed by atoms with Gasteiger partial charge in [-0.3, -0.25) is 9.55 Å². The number of rotatable bonds is 9. The minimum absolute atomic E-state index is 0. The molecule has 1 N–H and O–H groups in total. The second-order valence-electron chi connectivity index (χ2n) is 17.0. The second kappa shape index (κ2) is 18.3. The van der Waals surface area contributed by atoms with Gasteiger partial charge in [0.1, 0.15) is 11.6 Å². The standard InChI is InChI=1S/C60H56N3O.Pt/c1-37(2)50-17-13-18-51(38(3)4)56(50)43-23-27-49(28-24-43)63-55-20-14-19-52(57(55)62-59(63)53-32-39(5)31-40(6)58(53)64)46-33-45(41-15-11-10-12-16-41)34-47(35-46)54-36-44(29-30-61-54)42-21-25-48(26-22-42)60(7,8)9;/h10-34,36-38,64H,1-9H3;/q-1;/i7D3,8D3,9D3,37D,38D;. The summed E-state index contributed by atoms with van der Waals surface area (Å²) in [5.74, 6) is -1.25. The van der Waals surface area contributed by atoms with Gasteiger partial charge < -0.3 is 5.11 Å². The molecular formula is C60H56N3OPt-. The normalized spacial score (nSPS) is 15.1. The maximum Gasteiger partial charge on any atom is 0.148 e. The van der Waals surface area contributed by atoms with Gasteiger partial charge in [0, 0.05) is 53.7 Å². The molecule has 9 aromatic rings. The van der Waals surface area contributed by atoms with Gasteiger partial charge in [0.25, 0.3) is 0 Å². The van der Waals surface area contributed by atoms with Crippen LogP contribution in [-0.2, 0) is 26.5 Å². The second-order valence-corrected chi connectivity index (χ2v) is 17.0. The van der Waals surface area contributed by atoms with Crippen LogP contribution in [0.1, 0.15) is 103 Å². The first-order valence-electron chi connectivity index (χ1n) is 26.9. The Kier molecular flexibility index (Phi) is 9.32. The monoisotopic (exact) mass is 1040 g/mol. The van der Waals surface area contributed by atoms with Gasteiger partial charge >= 0.3 is 0 Å². The van der Waals surface area contributed by atoms with E-state index in [2.05, 4.69) is 12.1 Å². The molecule has 0 aliphatic rings. The van der Waals surface area contributed by atoms with E-state index >= 15 is 0 Å². The molecule has 0 saturated heterocycles. The number of aromatic nitrogens is 3. The number of para-hydroxylation sites is 1. The van der Waals surface area contributed by atoms with Gasteiger partial charge in [-0.05, 0) is 117 Å². The van der Waals surface area contributed by atoms with Crippen LogP contribution in [0.2, 0.25) is 0 Å². The number of hydrogen-bond donors (Lipinski definition) is 1. The molecule has 328 valence electrons. The molecule has 0 aliphatic carbocycles. The van der Waals surface area contributed by atoms with Gasteiger partial charge in [0.05, 0.1) is 16.6 Å². The van der Waals surface area contributed by atoms with E-state index in [1.165, 1.54) is 24.3 Å². The van der Waals surface area contributed by atoms with Crippen LogP contribution in [-0.4, -0.2) is 19.6 Å². The SMILES string of the molecule is [2H]C(C)(C)c1cccc(C([2H])(C)C)c1-c1ccc(-n2c(-c3cc(C)cc(C)c3O)nc3c(-c4[c-]c(-c5cc(-c6ccc(C(C([2H])([2H])[2H])(C([2H])([2H])[2H])C([2H])([2H])[2H])cc6)ccn5)cc(-c5ccccc5)c4)cccc32)cc1.[Pt]. The van der Waals surface area contributed by atoms with Crippen LogP contribution in [0.3, 0.4) is 0 Å². The zero-order valence-corrected chi connectivity index (χ0v) is 39.4. The average molecular weight is 1040 g/mol. The van der Waals surface area contributed by atoms with E-state index in [4.69, 9.17) is 25.0 Å². The number of nitrogens with zero attached hydrogens (tertiary/aromatic N) is 3. The third-order valence-electron chi connectivity index (χ3n) is 11.9. The topological polar surface area (TPSA) is 50.9 Å². The predicted octanol–water partition coefficient (Wildman–Crippen LogP) is 16.1. The zero-order chi connectivity index (χ0) is 54.2. The molecule has 65 heavy (non-hydrogen) atoms. The molecule has 2 heterocycles. The summed E-state index contributed by atoms with van der Waals surface area (Å²) in [5.41, 5.74) is 9.99. The van der Waals surface area contributed by atoms with Crippen molar-refractivity contribution in [3.63, 3.8) is 0 Å². The minimum atomic E-state index is -3.39. The fourth-order valence-corrected chi connectivity index (χ4v) is 8.68. The smallest absolute Gasteiger partial charge is 0.148 e. The Morgan fingerprint density at radius 1 is 0.631 bits per heavy atom. The van der Waals surface area contributed by atoms with E-state index in [0.717, 1.165) is 55.7 Å². The molecule has 5 heteroatoms. The maximum absolute atomic E-state index is 11.8. The Morgan fingerprint density at radius 2 is 1.28 bits per heavy atom. The quantitative estimate of drug-likeness (QED) is 0.147. The number of hydrogen-bond acceptors (Lipinski definition) is 3. The van der Waals surface area contributed by atoms with Gasteiger partial charge in [0.15, 0.2) is 0 Å². The number of pyridine rings is 1. The molecule has 0 fully saturated rings. The fraction of sp³-hybridized carbons (Fsp3) is 0.200. The van der Waals surface area contributed by atoms with E-state index in [9.17, 15) is 5.11 Å². The van der Waals surface area contributed by atoms with Crippen molar-refractivity contribution in [1.29, 1.82) is 0 Å². The number of aryl methyl sites for hydroxylation is 2. The molecule has 0 aliphatic heterocycles. The molecular weight excluding hydrogens is 974 g/mol. The summed E-state index contributed by atoms with van der Waals surface area (Å²) in [6.07, 6.45) is 1.64. The summed E-state index contributed by atoms with van der Waals surface area (Å²) in [6, 6.07) is 50.6. The number of imidazole rings is 1. The molecule has 0 atom stereocenters. The van der Waals surface area contributed by atoms with Crippen molar-refractivity contribution in [2.75, 3.05) is 0 Å². The molecule has 0 spiro atoms. The summed E-state index contributed by atoms with van der Waals surface area (Å²) in [4.78, 5) is 10.2. The van der Waals surface area contributed by atoms with E-state index < -0.39 is 37.8 Å². The van der Waals surface area contributed by atoms with Gasteiger partial charge in [-0.1, -0.05) is 174 Å². The van der Waals surface area contributed by atoms with Crippen LogP contribution in [0, 0.1) is 19.9 Å². The van der Waals surface area contributed by atoms with Crippen molar-refractivity contribution in [1.82, 2.24) is 14.5 Å². The Labute approximate surface area is 414 Å². The third-order valence-corrected chi connectivity index (χ3v) is 11.9. The summed E-state index contributed by atoms with van der Waals surface area (Å²) in [5, 5.41) is 11.8. The van der Waals surface area contributed by atoms with E-state index in [0.29, 0.717) is 50.4 Å². The number of phenols is 1. The number of phenolic OH excluding ortho intramolecular Hbond substituents is 1. The minimum Gasteiger partial charge on any atom is -0.507 e. The first kappa shape index (κ1) is 33.2. The van der Waals surface area contributed by atoms with Crippen LogP contribution < -0.4 is 0 Å². The predicted molar refractivity (Wildman–Crippen MR) is 268 cm³/mol. The average Bonchev–Trinajstić information content (AvgIpc) is 3.88. The first-order valence-corrected chi connectivity index (χ1v) is 21.4. The zero-order valence-electron chi connectivity index (χ0n) is 48.1. The molecule has 0 bridgehead atoms. The van der Waals surface area contributed by atoms with Crippen molar-refractivity contribution < 1.29 is 41.3 Å². The molecule has 0 saturated carbocycles. The fourth-order valence-electron chi connectivity index (χ4n) is 8.68. The summed E-state index contributed by atoms with van der Waals surface area (Å²) in [6.45, 7) is 1.12. The molecule has 4 nitrogen and oxygen atoms in total. The van der Waals surface area contributed by atoms with Crippen LogP contribution in [0.5, 0.6) is 5.75 Å². The van der Waals surface area contributed by atoms with Crippen LogP contribution >= 0.6 is 0 Å². The third kappa shape index (κ3) is 8.90. The van der Waals surface area contributed by atoms with Crippen LogP contribution in [0.4, 0.5) is 0 Å².